The van der Waals surface area contributed by atoms with Gasteiger partial charge in [-0.1, -0.05) is 53.7 Å². The van der Waals surface area contributed by atoms with Crippen molar-refractivity contribution in [3.8, 4) is 22.9 Å². The van der Waals surface area contributed by atoms with Gasteiger partial charge in [0.05, 0.1) is 30.5 Å². The molecule has 0 spiro atoms. The van der Waals surface area contributed by atoms with Crippen LogP contribution in [0.1, 0.15) is 5.69 Å². The molecule has 0 aliphatic carbocycles. The maximum Gasteiger partial charge on any atom is 0.258 e. The monoisotopic (exact) mass is 530 g/mol. The second kappa shape index (κ2) is 9.38. The summed E-state index contributed by atoms with van der Waals surface area (Å²) in [5.74, 6) is 2.11. The van der Waals surface area contributed by atoms with Crippen molar-refractivity contribution >= 4 is 45.6 Å². The summed E-state index contributed by atoms with van der Waals surface area (Å²) in [6.45, 7) is 0. The van der Waals surface area contributed by atoms with Gasteiger partial charge in [-0.15, -0.1) is 5.10 Å². The Bertz CT molecular complexity index is 1860. The molecule has 184 valence electrons. The quantitative estimate of drug-likeness (QED) is 0.221. The predicted octanol–water partition coefficient (Wildman–Crippen LogP) is 4.92. The highest BCUT2D eigenvalue weighted by Gasteiger charge is 2.18. The molecule has 6 rings (SSSR count). The molecule has 2 aromatic carbocycles. The number of methoxy groups -OCH3 is 2. The second-order valence-corrected chi connectivity index (χ2v) is 9.48. The largest absolute Gasteiger partial charge is 0.493 e. The molecular formula is C26H19ClN6O3S. The van der Waals surface area contributed by atoms with Crippen LogP contribution in [0.4, 0.5) is 0 Å². The maximum absolute atomic E-state index is 12.6. The molecular weight excluding hydrogens is 512 g/mol. The van der Waals surface area contributed by atoms with Gasteiger partial charge in [0.2, 0.25) is 0 Å². The molecule has 0 aliphatic rings. The van der Waals surface area contributed by atoms with Crippen LogP contribution in [0.5, 0.6) is 11.5 Å². The number of hydrogen-bond acceptors (Lipinski definition) is 8. The Labute approximate surface area is 219 Å². The average molecular weight is 531 g/mol. The van der Waals surface area contributed by atoms with E-state index < -0.39 is 0 Å². The van der Waals surface area contributed by atoms with E-state index in [4.69, 9.17) is 36.1 Å². The van der Waals surface area contributed by atoms with Gasteiger partial charge in [-0.3, -0.25) is 9.20 Å². The molecule has 4 aromatic heterocycles. The first-order valence-corrected chi connectivity index (χ1v) is 12.6. The predicted molar refractivity (Wildman–Crippen MR) is 143 cm³/mol. The van der Waals surface area contributed by atoms with E-state index in [1.807, 2.05) is 42.5 Å². The van der Waals surface area contributed by atoms with E-state index in [0.717, 1.165) is 10.9 Å². The van der Waals surface area contributed by atoms with Crippen LogP contribution in [0.15, 0.2) is 76.8 Å². The third-order valence-electron chi connectivity index (χ3n) is 5.80. The zero-order valence-electron chi connectivity index (χ0n) is 19.8. The molecule has 0 saturated carbocycles. The molecule has 11 heteroatoms. The molecule has 0 saturated heterocycles. The van der Waals surface area contributed by atoms with Crippen molar-refractivity contribution in [3.05, 3.63) is 87.9 Å². The van der Waals surface area contributed by atoms with Crippen molar-refractivity contribution in [1.29, 1.82) is 0 Å². The second-order valence-electron chi connectivity index (χ2n) is 8.11. The SMILES string of the molecule is COc1cc2nc(SCc3cc(=O)n4cc(Cl)ccc4n3)n3nc(-c4ccccc4)nc3c2cc1OC. The lowest BCUT2D eigenvalue weighted by Crippen LogP contribution is -2.15. The fourth-order valence-corrected chi connectivity index (χ4v) is 5.05. The number of ether oxygens (including phenoxy) is 2. The van der Waals surface area contributed by atoms with Crippen LogP contribution >= 0.6 is 23.4 Å². The van der Waals surface area contributed by atoms with E-state index in [2.05, 4.69) is 4.98 Å². The Morgan fingerprint density at radius 2 is 1.73 bits per heavy atom. The third kappa shape index (κ3) is 4.24. The number of aromatic nitrogens is 6. The Kier molecular flexibility index (Phi) is 5.90. The number of pyridine rings is 1. The van der Waals surface area contributed by atoms with Crippen LogP contribution in [-0.4, -0.2) is 43.2 Å². The average Bonchev–Trinajstić information content (AvgIpc) is 3.38. The van der Waals surface area contributed by atoms with Crippen molar-refractivity contribution < 1.29 is 9.47 Å². The molecule has 9 nitrogen and oxygen atoms in total. The van der Waals surface area contributed by atoms with E-state index in [-0.39, 0.29) is 5.56 Å². The Hall–Kier alpha value is -4.15. The molecule has 6 aromatic rings. The van der Waals surface area contributed by atoms with Gasteiger partial charge in [-0.25, -0.2) is 15.0 Å². The van der Waals surface area contributed by atoms with Crippen LogP contribution in [0.25, 0.3) is 33.6 Å². The van der Waals surface area contributed by atoms with Crippen LogP contribution in [0.3, 0.4) is 0 Å². The number of thioether (sulfide) groups is 1. The highest BCUT2D eigenvalue weighted by atomic mass is 35.5. The van der Waals surface area contributed by atoms with Gasteiger partial charge in [0, 0.05) is 35.0 Å². The Morgan fingerprint density at radius 1 is 0.946 bits per heavy atom. The number of nitrogens with zero attached hydrogens (tertiary/aromatic N) is 6. The smallest absolute Gasteiger partial charge is 0.258 e. The highest BCUT2D eigenvalue weighted by molar-refractivity contribution is 7.98. The molecule has 0 aliphatic heterocycles. The number of halogens is 1. The lowest BCUT2D eigenvalue weighted by atomic mass is 10.2. The summed E-state index contributed by atoms with van der Waals surface area (Å²) < 4.78 is 14.1. The standard InChI is InChI=1S/C26H19ClN6O3S/c1-35-20-11-18-19(12-21(20)36-2)29-26(33-25(18)30-24(31-33)15-6-4-3-5-7-15)37-14-17-10-23(34)32-13-16(27)8-9-22(32)28-17/h3-13H,14H2,1-2H3. The lowest BCUT2D eigenvalue weighted by molar-refractivity contribution is 0.355. The van der Waals surface area contributed by atoms with Crippen LogP contribution in [0, 0.1) is 0 Å². The summed E-state index contributed by atoms with van der Waals surface area (Å²) in [6, 6.07) is 18.3. The zero-order chi connectivity index (χ0) is 25.5. The first kappa shape index (κ1) is 23.3. The first-order valence-electron chi connectivity index (χ1n) is 11.2. The highest BCUT2D eigenvalue weighted by Crippen LogP contribution is 2.35. The molecule has 0 bridgehead atoms. The summed E-state index contributed by atoms with van der Waals surface area (Å²) >= 11 is 7.44. The Morgan fingerprint density at radius 3 is 2.51 bits per heavy atom. The lowest BCUT2D eigenvalue weighted by Gasteiger charge is -2.11. The summed E-state index contributed by atoms with van der Waals surface area (Å²) in [7, 11) is 3.17. The van der Waals surface area contributed by atoms with Gasteiger partial charge in [0.1, 0.15) is 5.65 Å². The van der Waals surface area contributed by atoms with Gasteiger partial charge in [0.25, 0.3) is 5.56 Å². The number of rotatable bonds is 6. The Balaban J connectivity index is 1.48. The van der Waals surface area contributed by atoms with Crippen molar-refractivity contribution in [2.24, 2.45) is 0 Å². The maximum atomic E-state index is 12.6. The van der Waals surface area contributed by atoms with E-state index >= 15 is 0 Å². The molecule has 0 fully saturated rings. The summed E-state index contributed by atoms with van der Waals surface area (Å²) in [6.07, 6.45) is 1.56. The van der Waals surface area contributed by atoms with Crippen molar-refractivity contribution in [1.82, 2.24) is 29.0 Å². The first-order chi connectivity index (χ1) is 18.0. The fourth-order valence-electron chi connectivity index (χ4n) is 4.05. The molecule has 0 amide bonds. The van der Waals surface area contributed by atoms with Gasteiger partial charge in [-0.05, 0) is 18.2 Å². The normalized spacial score (nSPS) is 11.4. The van der Waals surface area contributed by atoms with Crippen LogP contribution in [-0.2, 0) is 5.75 Å². The summed E-state index contributed by atoms with van der Waals surface area (Å²) in [5, 5.41) is 6.61. The molecule has 4 heterocycles. The van der Waals surface area contributed by atoms with Crippen molar-refractivity contribution in [3.63, 3.8) is 0 Å². The topological polar surface area (TPSA) is 95.9 Å². The minimum atomic E-state index is -0.205. The van der Waals surface area contributed by atoms with Crippen molar-refractivity contribution in [2.75, 3.05) is 14.2 Å². The molecule has 37 heavy (non-hydrogen) atoms. The van der Waals surface area contributed by atoms with E-state index in [1.165, 1.54) is 22.2 Å². The summed E-state index contributed by atoms with van der Waals surface area (Å²) in [4.78, 5) is 26.9. The molecule has 0 radical (unpaired) electrons. The van der Waals surface area contributed by atoms with Crippen molar-refractivity contribution in [2.45, 2.75) is 10.9 Å². The van der Waals surface area contributed by atoms with Gasteiger partial charge < -0.3 is 9.47 Å². The minimum absolute atomic E-state index is 0.205. The van der Waals surface area contributed by atoms with E-state index in [1.54, 1.807) is 37.1 Å². The molecule has 0 unspecified atom stereocenters. The number of hydrogen-bond donors (Lipinski definition) is 0. The van der Waals surface area contributed by atoms with Crippen LogP contribution in [0.2, 0.25) is 5.02 Å². The third-order valence-corrected chi connectivity index (χ3v) is 6.99. The number of benzene rings is 2. The zero-order valence-corrected chi connectivity index (χ0v) is 21.3. The minimum Gasteiger partial charge on any atom is -0.493 e. The summed E-state index contributed by atoms with van der Waals surface area (Å²) in [5.41, 5.74) is 3.13. The van der Waals surface area contributed by atoms with Gasteiger partial charge >= 0.3 is 0 Å². The number of fused-ring (bicyclic) bond motifs is 4. The van der Waals surface area contributed by atoms with Gasteiger partial charge in [0.15, 0.2) is 28.1 Å². The van der Waals surface area contributed by atoms with Gasteiger partial charge in [-0.2, -0.15) is 4.52 Å². The van der Waals surface area contributed by atoms with E-state index in [9.17, 15) is 4.79 Å². The molecule has 0 N–H and O–H groups in total. The van der Waals surface area contributed by atoms with E-state index in [0.29, 0.717) is 55.8 Å². The molecule has 0 atom stereocenters. The van der Waals surface area contributed by atoms with Crippen LogP contribution < -0.4 is 15.0 Å². The fraction of sp³-hybridized carbons (Fsp3) is 0.115.